The van der Waals surface area contributed by atoms with Crippen LogP contribution in [0.25, 0.3) is 0 Å². The molecule has 0 fully saturated rings. The number of para-hydroxylation sites is 1. The first-order valence-electron chi connectivity index (χ1n) is 9.09. The standard InChI is InChI=1S/C20H23N3O3S/c1-23-9-8-13-10-16-18(26-12-25-16)19(24-2)17(13)15(23)11-21-20(27)22-14-6-4-3-5-7-14/h3-7,10,15H,8-9,11-12H2,1-2H3,(H2,21,22,27)/p+1/t15-/m0/s1. The van der Waals surface area contributed by atoms with Crippen LogP contribution in [0.15, 0.2) is 36.4 Å². The minimum Gasteiger partial charge on any atom is -0.492 e. The number of rotatable bonds is 4. The summed E-state index contributed by atoms with van der Waals surface area (Å²) in [4.78, 5) is 1.41. The van der Waals surface area contributed by atoms with Crippen LogP contribution >= 0.6 is 12.2 Å². The zero-order chi connectivity index (χ0) is 18.8. The molecular weight excluding hydrogens is 362 g/mol. The van der Waals surface area contributed by atoms with Gasteiger partial charge in [0.1, 0.15) is 6.04 Å². The third-order valence-corrected chi connectivity index (χ3v) is 5.42. The number of likely N-dealkylation sites (N-methyl/N-ethyl adjacent to an activating group) is 1. The lowest BCUT2D eigenvalue weighted by atomic mass is 9.91. The van der Waals surface area contributed by atoms with Gasteiger partial charge < -0.3 is 29.7 Å². The maximum Gasteiger partial charge on any atom is 0.231 e. The van der Waals surface area contributed by atoms with Gasteiger partial charge >= 0.3 is 0 Å². The van der Waals surface area contributed by atoms with E-state index in [9.17, 15) is 0 Å². The first kappa shape index (κ1) is 17.9. The van der Waals surface area contributed by atoms with E-state index >= 15 is 0 Å². The monoisotopic (exact) mass is 386 g/mol. The number of quaternary nitrogens is 1. The maximum atomic E-state index is 5.74. The van der Waals surface area contributed by atoms with Crippen LogP contribution in [0.1, 0.15) is 17.2 Å². The van der Waals surface area contributed by atoms with Gasteiger partial charge in [0, 0.05) is 12.1 Å². The van der Waals surface area contributed by atoms with Crippen LogP contribution in [0.4, 0.5) is 5.69 Å². The molecule has 142 valence electrons. The van der Waals surface area contributed by atoms with Gasteiger partial charge in [0.15, 0.2) is 16.6 Å². The van der Waals surface area contributed by atoms with Crippen molar-refractivity contribution >= 4 is 23.0 Å². The van der Waals surface area contributed by atoms with E-state index < -0.39 is 0 Å². The number of fused-ring (bicyclic) bond motifs is 2. The van der Waals surface area contributed by atoms with E-state index in [1.807, 2.05) is 30.3 Å². The average Bonchev–Trinajstić information content (AvgIpc) is 3.14. The summed E-state index contributed by atoms with van der Waals surface area (Å²) in [7, 11) is 3.89. The number of thiocarbonyl (C=S) groups is 1. The van der Waals surface area contributed by atoms with E-state index in [0.29, 0.717) is 17.4 Å². The number of methoxy groups -OCH3 is 1. The molecule has 0 amide bonds. The highest BCUT2D eigenvalue weighted by molar-refractivity contribution is 7.80. The molecule has 0 bridgehead atoms. The van der Waals surface area contributed by atoms with Gasteiger partial charge in [0.05, 0.1) is 32.8 Å². The van der Waals surface area contributed by atoms with Gasteiger partial charge in [-0.25, -0.2) is 0 Å². The van der Waals surface area contributed by atoms with Gasteiger partial charge in [-0.05, 0) is 36.0 Å². The summed E-state index contributed by atoms with van der Waals surface area (Å²) < 4.78 is 17.0. The molecule has 2 aliphatic rings. The minimum atomic E-state index is 0.203. The fraction of sp³-hybridized carbons (Fsp3) is 0.350. The van der Waals surface area contributed by atoms with Gasteiger partial charge in [-0.2, -0.15) is 0 Å². The molecule has 2 atom stereocenters. The molecule has 2 aromatic rings. The molecule has 0 aliphatic carbocycles. The number of benzene rings is 2. The second kappa shape index (κ2) is 7.62. The molecule has 4 rings (SSSR count). The molecule has 0 saturated heterocycles. The number of hydrogen-bond donors (Lipinski definition) is 3. The van der Waals surface area contributed by atoms with Crippen molar-refractivity contribution < 1.29 is 19.1 Å². The summed E-state index contributed by atoms with van der Waals surface area (Å²) in [5, 5.41) is 7.20. The largest absolute Gasteiger partial charge is 0.492 e. The van der Waals surface area contributed by atoms with Crippen LogP contribution in [0.5, 0.6) is 17.2 Å². The normalized spacial score (nSPS) is 19.9. The summed E-state index contributed by atoms with van der Waals surface area (Å²) in [5.74, 6) is 2.27. The zero-order valence-corrected chi connectivity index (χ0v) is 16.3. The Morgan fingerprint density at radius 2 is 2.11 bits per heavy atom. The van der Waals surface area contributed by atoms with Crippen molar-refractivity contribution in [2.24, 2.45) is 0 Å². The van der Waals surface area contributed by atoms with Crippen molar-refractivity contribution in [1.82, 2.24) is 5.32 Å². The molecular formula is C20H24N3O3S+. The summed E-state index contributed by atoms with van der Waals surface area (Å²) in [6, 6.07) is 12.2. The predicted molar refractivity (Wildman–Crippen MR) is 108 cm³/mol. The topological polar surface area (TPSA) is 56.2 Å². The van der Waals surface area contributed by atoms with Crippen molar-refractivity contribution in [3.05, 3.63) is 47.5 Å². The van der Waals surface area contributed by atoms with Crippen LogP contribution in [0, 0.1) is 0 Å². The van der Waals surface area contributed by atoms with Gasteiger partial charge in [-0.15, -0.1) is 0 Å². The molecule has 0 spiro atoms. The number of nitrogens with one attached hydrogen (secondary N) is 3. The van der Waals surface area contributed by atoms with E-state index in [0.717, 1.165) is 30.2 Å². The van der Waals surface area contributed by atoms with E-state index in [1.54, 1.807) is 7.11 Å². The fourth-order valence-corrected chi connectivity index (χ4v) is 3.99. The summed E-state index contributed by atoms with van der Waals surface area (Å²) in [6.45, 7) is 1.99. The quantitative estimate of drug-likeness (QED) is 0.693. The van der Waals surface area contributed by atoms with Gasteiger partial charge in [-0.3, -0.25) is 0 Å². The molecule has 1 unspecified atom stereocenters. The second-order valence-electron chi connectivity index (χ2n) is 6.82. The number of ether oxygens (including phenoxy) is 3. The Balaban J connectivity index is 1.54. The number of hydrogen-bond acceptors (Lipinski definition) is 4. The summed E-state index contributed by atoms with van der Waals surface area (Å²) >= 11 is 5.47. The summed E-state index contributed by atoms with van der Waals surface area (Å²) in [6.07, 6.45) is 0.984. The highest BCUT2D eigenvalue weighted by Gasteiger charge is 2.36. The van der Waals surface area contributed by atoms with E-state index in [4.69, 9.17) is 26.4 Å². The van der Waals surface area contributed by atoms with Crippen molar-refractivity contribution in [3.8, 4) is 17.2 Å². The summed E-state index contributed by atoms with van der Waals surface area (Å²) in [5.41, 5.74) is 3.41. The number of anilines is 1. The Bertz CT molecular complexity index is 844. The molecule has 0 saturated carbocycles. The van der Waals surface area contributed by atoms with Crippen molar-refractivity contribution in [2.45, 2.75) is 12.5 Å². The van der Waals surface area contributed by atoms with Gasteiger partial charge in [0.25, 0.3) is 0 Å². The lowest BCUT2D eigenvalue weighted by molar-refractivity contribution is -0.913. The average molecular weight is 386 g/mol. The molecule has 3 N–H and O–H groups in total. The second-order valence-corrected chi connectivity index (χ2v) is 7.22. The van der Waals surface area contributed by atoms with Crippen LogP contribution in [-0.2, 0) is 6.42 Å². The van der Waals surface area contributed by atoms with Crippen LogP contribution in [0.3, 0.4) is 0 Å². The van der Waals surface area contributed by atoms with Crippen LogP contribution in [-0.4, -0.2) is 39.2 Å². The lowest BCUT2D eigenvalue weighted by Crippen LogP contribution is -3.11. The van der Waals surface area contributed by atoms with Crippen molar-refractivity contribution in [2.75, 3.05) is 39.4 Å². The highest BCUT2D eigenvalue weighted by Crippen LogP contribution is 2.47. The van der Waals surface area contributed by atoms with Crippen LogP contribution in [0.2, 0.25) is 0 Å². The Morgan fingerprint density at radius 1 is 1.30 bits per heavy atom. The lowest BCUT2D eigenvalue weighted by Gasteiger charge is -2.33. The van der Waals surface area contributed by atoms with E-state index in [2.05, 4.69) is 23.7 Å². The van der Waals surface area contributed by atoms with E-state index in [-0.39, 0.29) is 12.8 Å². The maximum absolute atomic E-state index is 5.74. The minimum absolute atomic E-state index is 0.203. The molecule has 2 aromatic carbocycles. The molecule has 0 radical (unpaired) electrons. The molecule has 0 aromatic heterocycles. The molecule has 6 nitrogen and oxygen atoms in total. The van der Waals surface area contributed by atoms with Crippen LogP contribution < -0.4 is 29.7 Å². The first-order valence-corrected chi connectivity index (χ1v) is 9.49. The Morgan fingerprint density at radius 3 is 2.89 bits per heavy atom. The third-order valence-electron chi connectivity index (χ3n) is 5.18. The Labute approximate surface area is 164 Å². The third kappa shape index (κ3) is 3.52. The Hall–Kier alpha value is -2.51. The van der Waals surface area contributed by atoms with E-state index in [1.165, 1.54) is 16.0 Å². The highest BCUT2D eigenvalue weighted by atomic mass is 32.1. The van der Waals surface area contributed by atoms with Crippen molar-refractivity contribution in [3.63, 3.8) is 0 Å². The van der Waals surface area contributed by atoms with Crippen molar-refractivity contribution in [1.29, 1.82) is 0 Å². The first-order chi connectivity index (χ1) is 13.2. The molecule has 7 heteroatoms. The smallest absolute Gasteiger partial charge is 0.231 e. The SMILES string of the molecule is COc1c2c(cc3c1[C@H](CNC(=S)Nc1ccccc1)[NH+](C)CC3)OCO2. The predicted octanol–water partition coefficient (Wildman–Crippen LogP) is 1.52. The molecule has 2 heterocycles. The Kier molecular flexibility index (Phi) is 5.05. The molecule has 27 heavy (non-hydrogen) atoms. The fourth-order valence-electron chi connectivity index (χ4n) is 3.79. The molecule has 2 aliphatic heterocycles. The van der Waals surface area contributed by atoms with Gasteiger partial charge in [-0.1, -0.05) is 18.2 Å². The van der Waals surface area contributed by atoms with Gasteiger partial charge in [0.2, 0.25) is 12.5 Å². The zero-order valence-electron chi connectivity index (χ0n) is 15.5.